The number of anilines is 2. The second kappa shape index (κ2) is 6.06. The van der Waals surface area contributed by atoms with Gasteiger partial charge in [-0.3, -0.25) is 4.21 Å². The highest BCUT2D eigenvalue weighted by Crippen LogP contribution is 2.23. The predicted molar refractivity (Wildman–Crippen MR) is 76.7 cm³/mol. The van der Waals surface area contributed by atoms with Crippen molar-refractivity contribution in [1.29, 1.82) is 0 Å². The van der Waals surface area contributed by atoms with Gasteiger partial charge in [-0.2, -0.15) is 0 Å². The van der Waals surface area contributed by atoms with Gasteiger partial charge in [-0.25, -0.2) is 4.79 Å². The van der Waals surface area contributed by atoms with E-state index in [9.17, 15) is 9.00 Å². The lowest BCUT2D eigenvalue weighted by Gasteiger charge is -2.24. The van der Waals surface area contributed by atoms with Crippen LogP contribution in [-0.2, 0) is 15.5 Å². The minimum absolute atomic E-state index is 0.295. The zero-order valence-electron chi connectivity index (χ0n) is 10.8. The molecule has 1 heterocycles. The van der Waals surface area contributed by atoms with E-state index < -0.39 is 16.8 Å². The minimum Gasteiger partial charge on any atom is -0.465 e. The molecule has 1 aliphatic heterocycles. The van der Waals surface area contributed by atoms with Crippen LogP contribution in [-0.4, -0.2) is 34.8 Å². The molecule has 0 spiro atoms. The first-order chi connectivity index (χ1) is 9.10. The van der Waals surface area contributed by atoms with Crippen LogP contribution in [0.5, 0.6) is 0 Å². The van der Waals surface area contributed by atoms with E-state index in [4.69, 9.17) is 5.73 Å². The summed E-state index contributed by atoms with van der Waals surface area (Å²) in [6.07, 6.45) is 1.76. The molecule has 1 aliphatic rings. The molecule has 0 bridgehead atoms. The topological polar surface area (TPSA) is 81.4 Å². The van der Waals surface area contributed by atoms with Gasteiger partial charge in [-0.15, -0.1) is 0 Å². The highest BCUT2D eigenvalue weighted by atomic mass is 32.2. The predicted octanol–water partition coefficient (Wildman–Crippen LogP) is 1.38. The van der Waals surface area contributed by atoms with E-state index in [1.807, 2.05) is 0 Å². The van der Waals surface area contributed by atoms with Crippen LogP contribution in [0.1, 0.15) is 23.2 Å². The molecule has 1 aromatic carbocycles. The van der Waals surface area contributed by atoms with Crippen molar-refractivity contribution in [1.82, 2.24) is 0 Å². The van der Waals surface area contributed by atoms with Crippen LogP contribution in [0, 0.1) is 0 Å². The van der Waals surface area contributed by atoms with Crippen LogP contribution in [0.3, 0.4) is 0 Å². The molecule has 5 nitrogen and oxygen atoms in total. The Hall–Kier alpha value is -1.56. The first kappa shape index (κ1) is 13.9. The Morgan fingerprint density at radius 1 is 1.42 bits per heavy atom. The summed E-state index contributed by atoms with van der Waals surface area (Å²) in [6.45, 7) is 0. The van der Waals surface area contributed by atoms with Gasteiger partial charge in [0.05, 0.1) is 24.0 Å². The Kier molecular flexibility index (Phi) is 4.42. The van der Waals surface area contributed by atoms with Crippen molar-refractivity contribution >= 4 is 28.1 Å². The van der Waals surface area contributed by atoms with Gasteiger partial charge in [0.25, 0.3) is 0 Å². The smallest absolute Gasteiger partial charge is 0.337 e. The third-order valence-electron chi connectivity index (χ3n) is 3.22. The standard InChI is InChI=1S/C13H18N2O3S/c1-18-13(16)9-2-3-12(11(14)8-9)15-10-4-6-19(17)7-5-10/h2-3,8,10,15H,4-7,14H2,1H3. The van der Waals surface area contributed by atoms with Crippen molar-refractivity contribution in [3.63, 3.8) is 0 Å². The summed E-state index contributed by atoms with van der Waals surface area (Å²) in [5, 5.41) is 3.34. The normalized spacial score (nSPS) is 22.8. The van der Waals surface area contributed by atoms with Crippen molar-refractivity contribution in [2.45, 2.75) is 18.9 Å². The van der Waals surface area contributed by atoms with Crippen LogP contribution in [0.25, 0.3) is 0 Å². The van der Waals surface area contributed by atoms with E-state index in [2.05, 4.69) is 10.1 Å². The third kappa shape index (κ3) is 3.47. The average molecular weight is 282 g/mol. The summed E-state index contributed by atoms with van der Waals surface area (Å²) in [5.74, 6) is 1.07. The van der Waals surface area contributed by atoms with E-state index in [0.29, 0.717) is 17.3 Å². The Bertz CT molecular complexity index is 495. The fourth-order valence-corrected chi connectivity index (χ4v) is 3.40. The maximum Gasteiger partial charge on any atom is 0.337 e. The second-order valence-corrected chi connectivity index (χ2v) is 6.26. The lowest BCUT2D eigenvalue weighted by molar-refractivity contribution is 0.0601. The Balaban J connectivity index is 2.05. The van der Waals surface area contributed by atoms with Gasteiger partial charge in [0.1, 0.15) is 0 Å². The van der Waals surface area contributed by atoms with Gasteiger partial charge in [0, 0.05) is 28.3 Å². The van der Waals surface area contributed by atoms with Crippen LogP contribution in [0.2, 0.25) is 0 Å². The quantitative estimate of drug-likeness (QED) is 0.646. The summed E-state index contributed by atoms with van der Waals surface area (Å²) in [4.78, 5) is 11.4. The van der Waals surface area contributed by atoms with Crippen LogP contribution >= 0.6 is 0 Å². The SMILES string of the molecule is COC(=O)c1ccc(NC2CCS(=O)CC2)c(N)c1. The Labute approximate surface area is 115 Å². The first-order valence-electron chi connectivity index (χ1n) is 6.19. The molecule has 0 saturated carbocycles. The lowest BCUT2D eigenvalue weighted by Crippen LogP contribution is -2.29. The molecule has 0 atom stereocenters. The molecule has 6 heteroatoms. The number of rotatable bonds is 3. The maximum atomic E-state index is 11.4. The van der Waals surface area contributed by atoms with Crippen molar-refractivity contribution in [3.05, 3.63) is 23.8 Å². The molecular weight excluding hydrogens is 264 g/mol. The highest BCUT2D eigenvalue weighted by Gasteiger charge is 2.18. The van der Waals surface area contributed by atoms with E-state index in [1.54, 1.807) is 18.2 Å². The monoisotopic (exact) mass is 282 g/mol. The zero-order chi connectivity index (χ0) is 13.8. The van der Waals surface area contributed by atoms with Gasteiger partial charge in [0.2, 0.25) is 0 Å². The molecule has 1 aromatic rings. The number of hydrogen-bond donors (Lipinski definition) is 2. The summed E-state index contributed by atoms with van der Waals surface area (Å²) in [5.41, 5.74) is 7.70. The summed E-state index contributed by atoms with van der Waals surface area (Å²) >= 11 is 0. The molecule has 0 aromatic heterocycles. The van der Waals surface area contributed by atoms with Crippen molar-refractivity contribution < 1.29 is 13.7 Å². The third-order valence-corrected chi connectivity index (χ3v) is 4.60. The number of ether oxygens (including phenoxy) is 1. The molecule has 1 fully saturated rings. The van der Waals surface area contributed by atoms with Crippen LogP contribution in [0.4, 0.5) is 11.4 Å². The Morgan fingerprint density at radius 2 is 2.11 bits per heavy atom. The molecule has 0 aliphatic carbocycles. The van der Waals surface area contributed by atoms with E-state index >= 15 is 0 Å². The molecule has 19 heavy (non-hydrogen) atoms. The number of hydrogen-bond acceptors (Lipinski definition) is 5. The van der Waals surface area contributed by atoms with E-state index in [1.165, 1.54) is 7.11 Å². The number of benzene rings is 1. The molecule has 1 saturated heterocycles. The molecule has 0 unspecified atom stereocenters. The highest BCUT2D eigenvalue weighted by molar-refractivity contribution is 7.85. The number of nitrogen functional groups attached to an aromatic ring is 1. The zero-order valence-corrected chi connectivity index (χ0v) is 11.7. The molecular formula is C13H18N2O3S. The molecule has 3 N–H and O–H groups in total. The average Bonchev–Trinajstić information content (AvgIpc) is 2.42. The van der Waals surface area contributed by atoms with Crippen molar-refractivity contribution in [3.8, 4) is 0 Å². The molecule has 104 valence electrons. The van der Waals surface area contributed by atoms with Crippen LogP contribution < -0.4 is 11.1 Å². The fourth-order valence-electron chi connectivity index (χ4n) is 2.10. The van der Waals surface area contributed by atoms with Gasteiger partial charge >= 0.3 is 5.97 Å². The fraction of sp³-hybridized carbons (Fsp3) is 0.462. The molecule has 0 radical (unpaired) electrons. The largest absolute Gasteiger partial charge is 0.465 e. The van der Waals surface area contributed by atoms with Gasteiger partial charge in [-0.05, 0) is 31.0 Å². The number of carbonyl (C=O) groups is 1. The maximum absolute atomic E-state index is 11.4. The minimum atomic E-state index is -0.668. The number of methoxy groups -OCH3 is 1. The van der Waals surface area contributed by atoms with E-state index in [-0.39, 0.29) is 0 Å². The van der Waals surface area contributed by atoms with Crippen LogP contribution in [0.15, 0.2) is 18.2 Å². The second-order valence-electron chi connectivity index (χ2n) is 4.56. The number of nitrogens with one attached hydrogen (secondary N) is 1. The molecule has 0 amide bonds. The first-order valence-corrected chi connectivity index (χ1v) is 7.68. The van der Waals surface area contributed by atoms with Gasteiger partial charge in [0.15, 0.2) is 0 Å². The number of nitrogens with two attached hydrogens (primary N) is 1. The van der Waals surface area contributed by atoms with Gasteiger partial charge in [-0.1, -0.05) is 0 Å². The number of carbonyl (C=O) groups excluding carboxylic acids is 1. The number of esters is 1. The summed E-state index contributed by atoms with van der Waals surface area (Å²) < 4.78 is 15.9. The van der Waals surface area contributed by atoms with Crippen molar-refractivity contribution in [2.24, 2.45) is 0 Å². The van der Waals surface area contributed by atoms with Gasteiger partial charge < -0.3 is 15.8 Å². The lowest BCUT2D eigenvalue weighted by atomic mass is 10.1. The summed E-state index contributed by atoms with van der Waals surface area (Å²) in [7, 11) is 0.672. The van der Waals surface area contributed by atoms with E-state index in [0.717, 1.165) is 30.0 Å². The van der Waals surface area contributed by atoms with Crippen molar-refractivity contribution in [2.75, 3.05) is 29.7 Å². The molecule has 2 rings (SSSR count). The Morgan fingerprint density at radius 3 is 2.68 bits per heavy atom. The summed E-state index contributed by atoms with van der Waals surface area (Å²) in [6, 6.07) is 5.37.